The summed E-state index contributed by atoms with van der Waals surface area (Å²) in [6, 6.07) is 6.64. The molecule has 3 heteroatoms. The molecule has 0 spiro atoms. The van der Waals surface area contributed by atoms with Gasteiger partial charge in [-0.05, 0) is 37.0 Å². The van der Waals surface area contributed by atoms with Gasteiger partial charge in [0.15, 0.2) is 5.17 Å². The Morgan fingerprint density at radius 1 is 1.41 bits per heavy atom. The maximum atomic E-state index is 7.98. The lowest BCUT2D eigenvalue weighted by Gasteiger charge is -2.21. The minimum absolute atomic E-state index is 0.702. The van der Waals surface area contributed by atoms with Gasteiger partial charge in [-0.15, -0.1) is 0 Å². The maximum Gasteiger partial charge on any atom is 0.160 e. The van der Waals surface area contributed by atoms with Gasteiger partial charge in [0.2, 0.25) is 0 Å². The van der Waals surface area contributed by atoms with Gasteiger partial charge in [-0.2, -0.15) is 0 Å². The highest BCUT2D eigenvalue weighted by Gasteiger charge is 2.21. The van der Waals surface area contributed by atoms with E-state index in [1.165, 1.54) is 29.7 Å². The number of aryl methyl sites for hydroxylation is 2. The molecule has 1 N–H and O–H groups in total. The van der Waals surface area contributed by atoms with E-state index >= 15 is 0 Å². The summed E-state index contributed by atoms with van der Waals surface area (Å²) in [4.78, 5) is 2.16. The van der Waals surface area contributed by atoms with Gasteiger partial charge in [0, 0.05) is 18.0 Å². The Hall–Kier alpha value is -0.960. The van der Waals surface area contributed by atoms with E-state index in [9.17, 15) is 0 Å². The van der Waals surface area contributed by atoms with E-state index in [0.29, 0.717) is 5.17 Å². The molecule has 0 bridgehead atoms. The molecule has 2 rings (SSSR count). The van der Waals surface area contributed by atoms with Crippen molar-refractivity contribution in [2.24, 2.45) is 0 Å². The molecule has 1 fully saturated rings. The van der Waals surface area contributed by atoms with E-state index in [0.717, 1.165) is 18.7 Å². The highest BCUT2D eigenvalue weighted by Crippen LogP contribution is 2.29. The Kier molecular flexibility index (Phi) is 4.11. The summed E-state index contributed by atoms with van der Waals surface area (Å²) in [5, 5.41) is 8.68. The number of hydrogen-bond donors (Lipinski definition) is 1. The van der Waals surface area contributed by atoms with Crippen LogP contribution in [0, 0.1) is 12.3 Å². The second-order valence-electron chi connectivity index (χ2n) is 4.54. The molecule has 1 heterocycles. The van der Waals surface area contributed by atoms with E-state index in [1.807, 2.05) is 0 Å². The number of nitrogens with zero attached hydrogens (tertiary/aromatic N) is 1. The number of rotatable bonds is 4. The third kappa shape index (κ3) is 2.83. The number of unbranched alkanes of at least 4 members (excludes halogenated alkanes) is 1. The molecule has 17 heavy (non-hydrogen) atoms. The van der Waals surface area contributed by atoms with Crippen LogP contribution in [-0.4, -0.2) is 17.5 Å². The van der Waals surface area contributed by atoms with Crippen LogP contribution in [0.25, 0.3) is 0 Å². The highest BCUT2D eigenvalue weighted by atomic mass is 32.2. The smallest absolute Gasteiger partial charge is 0.160 e. The molecule has 1 aliphatic rings. The second-order valence-corrected chi connectivity index (χ2v) is 5.62. The summed E-state index contributed by atoms with van der Waals surface area (Å²) < 4.78 is 0. The van der Waals surface area contributed by atoms with Crippen molar-refractivity contribution in [1.82, 2.24) is 0 Å². The number of nitrogens with one attached hydrogen (secondary N) is 1. The largest absolute Gasteiger partial charge is 0.320 e. The molecule has 0 atom stereocenters. The fraction of sp³-hybridized carbons (Fsp3) is 0.500. The molecular weight excluding hydrogens is 228 g/mol. The second kappa shape index (κ2) is 5.58. The van der Waals surface area contributed by atoms with E-state index in [2.05, 4.69) is 36.9 Å². The summed E-state index contributed by atoms with van der Waals surface area (Å²) in [6.45, 7) is 5.33. The monoisotopic (exact) mass is 248 g/mol. The van der Waals surface area contributed by atoms with Crippen LogP contribution in [0.1, 0.15) is 30.9 Å². The van der Waals surface area contributed by atoms with Gasteiger partial charge in [-0.3, -0.25) is 5.41 Å². The molecular formula is C14H20N2S. The van der Waals surface area contributed by atoms with Gasteiger partial charge >= 0.3 is 0 Å². The van der Waals surface area contributed by atoms with Crippen LogP contribution < -0.4 is 4.90 Å². The quantitative estimate of drug-likeness (QED) is 0.877. The van der Waals surface area contributed by atoms with Crippen molar-refractivity contribution in [3.05, 3.63) is 29.3 Å². The fourth-order valence-corrected chi connectivity index (χ4v) is 2.96. The van der Waals surface area contributed by atoms with Crippen LogP contribution in [0.3, 0.4) is 0 Å². The number of anilines is 1. The summed E-state index contributed by atoms with van der Waals surface area (Å²) in [7, 11) is 0. The van der Waals surface area contributed by atoms with Gasteiger partial charge in [0.05, 0.1) is 0 Å². The maximum absolute atomic E-state index is 7.98. The molecule has 1 aliphatic heterocycles. The zero-order valence-corrected chi connectivity index (χ0v) is 11.4. The van der Waals surface area contributed by atoms with E-state index < -0.39 is 0 Å². The van der Waals surface area contributed by atoms with Crippen LogP contribution in [-0.2, 0) is 6.42 Å². The van der Waals surface area contributed by atoms with Gasteiger partial charge in [-0.25, -0.2) is 0 Å². The molecule has 1 saturated heterocycles. The predicted octanol–water partition coefficient (Wildman–Crippen LogP) is 3.83. The standard InChI is InChI=1S/C14H20N2S/c1-3-4-5-12-7-6-11(2)10-13(12)16-8-9-17-14(16)15/h6-7,10,15H,3-5,8-9H2,1-2H3. The lowest BCUT2D eigenvalue weighted by Crippen LogP contribution is -2.24. The van der Waals surface area contributed by atoms with E-state index in [4.69, 9.17) is 5.41 Å². The van der Waals surface area contributed by atoms with Crippen LogP contribution in [0.4, 0.5) is 5.69 Å². The first-order valence-corrected chi connectivity index (χ1v) is 7.29. The SMILES string of the molecule is CCCCc1ccc(C)cc1N1CCSC1=N. The molecule has 0 amide bonds. The average Bonchev–Trinajstić information content (AvgIpc) is 2.74. The normalized spacial score (nSPS) is 15.6. The lowest BCUT2D eigenvalue weighted by atomic mass is 10.0. The summed E-state index contributed by atoms with van der Waals surface area (Å²) >= 11 is 1.65. The number of benzene rings is 1. The van der Waals surface area contributed by atoms with Gasteiger partial charge in [-0.1, -0.05) is 37.2 Å². The molecule has 0 radical (unpaired) electrons. The topological polar surface area (TPSA) is 27.1 Å². The molecule has 1 aromatic rings. The Morgan fingerprint density at radius 3 is 2.88 bits per heavy atom. The van der Waals surface area contributed by atoms with Crippen molar-refractivity contribution in [3.8, 4) is 0 Å². The molecule has 0 aliphatic carbocycles. The van der Waals surface area contributed by atoms with Crippen LogP contribution in [0.5, 0.6) is 0 Å². The Bertz CT molecular complexity index is 415. The zero-order valence-electron chi connectivity index (χ0n) is 10.6. The first kappa shape index (κ1) is 12.5. The minimum Gasteiger partial charge on any atom is -0.320 e. The Labute approximate surface area is 108 Å². The fourth-order valence-electron chi connectivity index (χ4n) is 2.15. The van der Waals surface area contributed by atoms with Gasteiger partial charge in [0.1, 0.15) is 0 Å². The number of hydrogen-bond acceptors (Lipinski definition) is 2. The zero-order chi connectivity index (χ0) is 12.3. The van der Waals surface area contributed by atoms with Crippen LogP contribution in [0.2, 0.25) is 0 Å². The summed E-state index contributed by atoms with van der Waals surface area (Å²) in [6.07, 6.45) is 3.57. The lowest BCUT2D eigenvalue weighted by molar-refractivity contribution is 0.793. The Balaban J connectivity index is 2.29. The van der Waals surface area contributed by atoms with E-state index in [-0.39, 0.29) is 0 Å². The van der Waals surface area contributed by atoms with Gasteiger partial charge in [0.25, 0.3) is 0 Å². The summed E-state index contributed by atoms with van der Waals surface area (Å²) in [5.74, 6) is 1.04. The van der Waals surface area contributed by atoms with E-state index in [1.54, 1.807) is 11.8 Å². The van der Waals surface area contributed by atoms with Crippen LogP contribution in [0.15, 0.2) is 18.2 Å². The van der Waals surface area contributed by atoms with Crippen molar-refractivity contribution in [2.75, 3.05) is 17.2 Å². The molecule has 0 aromatic heterocycles. The first-order chi connectivity index (χ1) is 8.22. The molecule has 0 saturated carbocycles. The minimum atomic E-state index is 0.702. The molecule has 1 aromatic carbocycles. The predicted molar refractivity (Wildman–Crippen MR) is 77.3 cm³/mol. The third-order valence-electron chi connectivity index (χ3n) is 3.13. The molecule has 92 valence electrons. The van der Waals surface area contributed by atoms with Crippen molar-refractivity contribution in [3.63, 3.8) is 0 Å². The average molecular weight is 248 g/mol. The van der Waals surface area contributed by atoms with Gasteiger partial charge < -0.3 is 4.90 Å². The van der Waals surface area contributed by atoms with Crippen molar-refractivity contribution < 1.29 is 0 Å². The number of amidine groups is 1. The van der Waals surface area contributed by atoms with Crippen molar-refractivity contribution in [2.45, 2.75) is 33.1 Å². The highest BCUT2D eigenvalue weighted by molar-refractivity contribution is 8.14. The molecule has 2 nitrogen and oxygen atoms in total. The molecule has 0 unspecified atom stereocenters. The van der Waals surface area contributed by atoms with Crippen molar-refractivity contribution in [1.29, 1.82) is 5.41 Å². The number of thioether (sulfide) groups is 1. The summed E-state index contributed by atoms with van der Waals surface area (Å²) in [5.41, 5.74) is 3.93. The van der Waals surface area contributed by atoms with Crippen LogP contribution >= 0.6 is 11.8 Å². The Morgan fingerprint density at radius 2 is 2.24 bits per heavy atom. The third-order valence-corrected chi connectivity index (χ3v) is 4.01. The first-order valence-electron chi connectivity index (χ1n) is 6.30. The van der Waals surface area contributed by atoms with Crippen molar-refractivity contribution >= 4 is 22.6 Å².